The number of hydrogen-bond acceptors (Lipinski definition) is 5. The van der Waals surface area contributed by atoms with Crippen LogP contribution in [0.1, 0.15) is 32.6 Å². The van der Waals surface area contributed by atoms with Crippen LogP contribution in [0.25, 0.3) is 0 Å². The van der Waals surface area contributed by atoms with Gasteiger partial charge in [-0.2, -0.15) is 0 Å². The molecule has 1 aliphatic heterocycles. The molecular formula is C12H18O6. The van der Waals surface area contributed by atoms with Crippen LogP contribution in [0.15, 0.2) is 0 Å². The van der Waals surface area contributed by atoms with Crippen LogP contribution in [-0.4, -0.2) is 42.7 Å². The van der Waals surface area contributed by atoms with Gasteiger partial charge in [-0.05, 0) is 19.8 Å². The highest BCUT2D eigenvalue weighted by atomic mass is 16.7. The van der Waals surface area contributed by atoms with Crippen LogP contribution in [0.4, 0.5) is 0 Å². The summed E-state index contributed by atoms with van der Waals surface area (Å²) < 4.78 is 15.9. The molecular weight excluding hydrogens is 240 g/mol. The fraction of sp³-hybridized carbons (Fsp3) is 0.833. The zero-order chi connectivity index (χ0) is 13.2. The number of carboxylic acid groups (broad SMARTS) is 1. The van der Waals surface area contributed by atoms with Crippen LogP contribution < -0.4 is 0 Å². The van der Waals surface area contributed by atoms with Crippen molar-refractivity contribution in [1.29, 1.82) is 0 Å². The van der Waals surface area contributed by atoms with Crippen molar-refractivity contribution in [3.8, 4) is 0 Å². The maximum absolute atomic E-state index is 11.9. The van der Waals surface area contributed by atoms with Crippen molar-refractivity contribution < 1.29 is 28.9 Å². The third-order valence-corrected chi connectivity index (χ3v) is 3.75. The molecule has 2 fully saturated rings. The van der Waals surface area contributed by atoms with Crippen molar-refractivity contribution in [3.63, 3.8) is 0 Å². The van der Waals surface area contributed by atoms with Crippen molar-refractivity contribution in [3.05, 3.63) is 0 Å². The number of carbonyl (C=O) groups is 2. The summed E-state index contributed by atoms with van der Waals surface area (Å²) in [5, 5.41) is 9.33. The van der Waals surface area contributed by atoms with Gasteiger partial charge >= 0.3 is 11.9 Å². The van der Waals surface area contributed by atoms with Gasteiger partial charge in [0.05, 0.1) is 19.8 Å². The molecule has 6 heteroatoms. The Morgan fingerprint density at radius 2 is 1.72 bits per heavy atom. The SMILES string of the molecule is CCOC(=O)C1(C(=O)O)CCC2(CC1)OCCO2. The van der Waals surface area contributed by atoms with Crippen molar-refractivity contribution in [1.82, 2.24) is 0 Å². The Morgan fingerprint density at radius 3 is 2.17 bits per heavy atom. The summed E-state index contributed by atoms with van der Waals surface area (Å²) >= 11 is 0. The van der Waals surface area contributed by atoms with E-state index < -0.39 is 23.1 Å². The lowest BCUT2D eigenvalue weighted by Crippen LogP contribution is -2.48. The Labute approximate surface area is 105 Å². The second kappa shape index (κ2) is 4.85. The molecule has 0 radical (unpaired) electrons. The number of ether oxygens (including phenoxy) is 3. The van der Waals surface area contributed by atoms with Crippen molar-refractivity contribution in [2.24, 2.45) is 5.41 Å². The number of carbonyl (C=O) groups excluding carboxylic acids is 1. The van der Waals surface area contributed by atoms with E-state index in [-0.39, 0.29) is 19.4 Å². The zero-order valence-corrected chi connectivity index (χ0v) is 10.4. The average molecular weight is 258 g/mol. The monoisotopic (exact) mass is 258 g/mol. The maximum atomic E-state index is 11.9. The van der Waals surface area contributed by atoms with Gasteiger partial charge in [0.2, 0.25) is 0 Å². The Hall–Kier alpha value is -1.14. The predicted octanol–water partition coefficient (Wildman–Crippen LogP) is 0.938. The van der Waals surface area contributed by atoms with Gasteiger partial charge in [-0.3, -0.25) is 9.59 Å². The standard InChI is InChI=1S/C12H18O6/c1-2-16-10(15)11(9(13)14)3-5-12(6-4-11)17-7-8-18-12/h2-8H2,1H3,(H,13,14). The zero-order valence-electron chi connectivity index (χ0n) is 10.4. The molecule has 0 atom stereocenters. The molecule has 1 spiro atoms. The average Bonchev–Trinajstić information content (AvgIpc) is 2.79. The Kier molecular flexibility index (Phi) is 3.59. The van der Waals surface area contributed by atoms with Crippen molar-refractivity contribution in [2.75, 3.05) is 19.8 Å². The van der Waals surface area contributed by atoms with E-state index >= 15 is 0 Å². The van der Waals surface area contributed by atoms with Gasteiger partial charge < -0.3 is 19.3 Å². The molecule has 2 aliphatic rings. The number of hydrogen-bond donors (Lipinski definition) is 1. The minimum atomic E-state index is -1.43. The summed E-state index contributed by atoms with van der Waals surface area (Å²) in [6, 6.07) is 0. The lowest BCUT2D eigenvalue weighted by Gasteiger charge is -2.39. The van der Waals surface area contributed by atoms with Gasteiger partial charge in [-0.15, -0.1) is 0 Å². The predicted molar refractivity (Wildman–Crippen MR) is 59.8 cm³/mol. The summed E-state index contributed by atoms with van der Waals surface area (Å²) in [6.45, 7) is 2.91. The molecule has 1 saturated carbocycles. The van der Waals surface area contributed by atoms with E-state index in [1.165, 1.54) is 0 Å². The minimum absolute atomic E-state index is 0.187. The van der Waals surface area contributed by atoms with Gasteiger partial charge in [-0.1, -0.05) is 0 Å². The molecule has 1 heterocycles. The fourth-order valence-corrected chi connectivity index (χ4v) is 2.62. The molecule has 0 aromatic carbocycles. The lowest BCUT2D eigenvalue weighted by molar-refractivity contribution is -0.204. The number of esters is 1. The highest BCUT2D eigenvalue weighted by Gasteiger charge is 2.55. The first kappa shape index (κ1) is 13.3. The highest BCUT2D eigenvalue weighted by molar-refractivity contribution is 5.99. The van der Waals surface area contributed by atoms with Crippen LogP contribution in [0.5, 0.6) is 0 Å². The normalized spacial score (nSPS) is 24.9. The molecule has 1 N–H and O–H groups in total. The van der Waals surface area contributed by atoms with Crippen molar-refractivity contribution >= 4 is 11.9 Å². The molecule has 18 heavy (non-hydrogen) atoms. The van der Waals surface area contributed by atoms with Gasteiger partial charge in [0.25, 0.3) is 0 Å². The molecule has 2 rings (SSSR count). The van der Waals surface area contributed by atoms with Crippen LogP contribution in [0, 0.1) is 5.41 Å². The molecule has 1 saturated heterocycles. The molecule has 6 nitrogen and oxygen atoms in total. The summed E-state index contributed by atoms with van der Waals surface area (Å²) in [5.74, 6) is -2.44. The van der Waals surface area contributed by atoms with Gasteiger partial charge in [0, 0.05) is 12.8 Å². The van der Waals surface area contributed by atoms with E-state index in [4.69, 9.17) is 14.2 Å². The van der Waals surface area contributed by atoms with Crippen LogP contribution >= 0.6 is 0 Å². The quantitative estimate of drug-likeness (QED) is 0.599. The summed E-state index contributed by atoms with van der Waals surface area (Å²) in [6.07, 6.45) is 1.22. The second-order valence-electron chi connectivity index (χ2n) is 4.72. The number of aliphatic carboxylic acids is 1. The largest absolute Gasteiger partial charge is 0.480 e. The smallest absolute Gasteiger partial charge is 0.323 e. The summed E-state index contributed by atoms with van der Waals surface area (Å²) in [4.78, 5) is 23.3. The molecule has 0 amide bonds. The molecule has 0 aromatic heterocycles. The third kappa shape index (κ3) is 2.10. The van der Waals surface area contributed by atoms with Crippen LogP contribution in [-0.2, 0) is 23.8 Å². The molecule has 0 aromatic rings. The maximum Gasteiger partial charge on any atom is 0.323 e. The first-order valence-corrected chi connectivity index (χ1v) is 6.23. The van der Waals surface area contributed by atoms with Crippen LogP contribution in [0.2, 0.25) is 0 Å². The Balaban J connectivity index is 2.10. The Bertz CT molecular complexity index is 334. The number of rotatable bonds is 3. The topological polar surface area (TPSA) is 82.1 Å². The van der Waals surface area contributed by atoms with Gasteiger partial charge in [0.15, 0.2) is 11.2 Å². The van der Waals surface area contributed by atoms with E-state index in [1.54, 1.807) is 6.92 Å². The molecule has 102 valence electrons. The lowest BCUT2D eigenvalue weighted by atomic mass is 9.72. The minimum Gasteiger partial charge on any atom is -0.480 e. The fourth-order valence-electron chi connectivity index (χ4n) is 2.62. The van der Waals surface area contributed by atoms with Gasteiger partial charge in [-0.25, -0.2) is 0 Å². The Morgan fingerprint density at radius 1 is 1.17 bits per heavy atom. The van der Waals surface area contributed by atoms with E-state index in [1.807, 2.05) is 0 Å². The van der Waals surface area contributed by atoms with Crippen molar-refractivity contribution in [2.45, 2.75) is 38.4 Å². The molecule has 1 aliphatic carbocycles. The van der Waals surface area contributed by atoms with E-state index in [0.717, 1.165) is 0 Å². The third-order valence-electron chi connectivity index (χ3n) is 3.75. The van der Waals surface area contributed by atoms with E-state index in [0.29, 0.717) is 26.1 Å². The first-order chi connectivity index (χ1) is 8.55. The molecule has 0 unspecified atom stereocenters. The van der Waals surface area contributed by atoms with Crippen LogP contribution in [0.3, 0.4) is 0 Å². The second-order valence-corrected chi connectivity index (χ2v) is 4.72. The van der Waals surface area contributed by atoms with Gasteiger partial charge in [0.1, 0.15) is 0 Å². The number of carboxylic acids is 1. The van der Waals surface area contributed by atoms with E-state index in [2.05, 4.69) is 0 Å². The summed E-state index contributed by atoms with van der Waals surface area (Å²) in [7, 11) is 0. The van der Waals surface area contributed by atoms with E-state index in [9.17, 15) is 14.7 Å². The highest BCUT2D eigenvalue weighted by Crippen LogP contribution is 2.45. The first-order valence-electron chi connectivity index (χ1n) is 6.23. The summed E-state index contributed by atoms with van der Waals surface area (Å²) in [5.41, 5.74) is -1.43. The molecule has 0 bridgehead atoms.